The highest BCUT2D eigenvalue weighted by molar-refractivity contribution is 8.00. The van der Waals surface area contributed by atoms with Crippen LogP contribution in [0.5, 0.6) is 0 Å². The summed E-state index contributed by atoms with van der Waals surface area (Å²) in [6.07, 6.45) is 0.908. The van der Waals surface area contributed by atoms with Gasteiger partial charge in [0, 0.05) is 34.9 Å². The summed E-state index contributed by atoms with van der Waals surface area (Å²) in [5, 5.41) is 15.8. The SMILES string of the molecule is O=C(c1ccc(NSc2cccc3snnc23)cc1)N1CCC(O)(c2ccccc2Cl)CC1. The van der Waals surface area contributed by atoms with E-state index in [1.807, 2.05) is 60.7 Å². The molecular weight excluding hydrogens is 476 g/mol. The van der Waals surface area contributed by atoms with Gasteiger partial charge < -0.3 is 14.7 Å². The third-order valence-electron chi connectivity index (χ3n) is 5.91. The van der Waals surface area contributed by atoms with Crippen molar-refractivity contribution < 1.29 is 9.90 Å². The van der Waals surface area contributed by atoms with Crippen LogP contribution < -0.4 is 4.72 Å². The largest absolute Gasteiger partial charge is 0.385 e. The second kappa shape index (κ2) is 9.30. The summed E-state index contributed by atoms with van der Waals surface area (Å²) in [4.78, 5) is 15.8. The van der Waals surface area contributed by atoms with Gasteiger partial charge in [-0.3, -0.25) is 4.79 Å². The molecule has 6 nitrogen and oxygen atoms in total. The number of halogens is 1. The lowest BCUT2D eigenvalue weighted by atomic mass is 9.84. The summed E-state index contributed by atoms with van der Waals surface area (Å²) in [5.41, 5.74) is 2.13. The molecular formula is C24H21ClN4O2S2. The van der Waals surface area contributed by atoms with Gasteiger partial charge in [-0.15, -0.1) is 5.10 Å². The Morgan fingerprint density at radius 2 is 1.82 bits per heavy atom. The minimum Gasteiger partial charge on any atom is -0.385 e. The number of hydrogen-bond acceptors (Lipinski definition) is 7. The minimum absolute atomic E-state index is 0.0336. The number of nitrogens with zero attached hydrogens (tertiary/aromatic N) is 3. The molecule has 3 aromatic carbocycles. The highest BCUT2D eigenvalue weighted by Crippen LogP contribution is 2.37. The zero-order chi connectivity index (χ0) is 22.8. The van der Waals surface area contributed by atoms with Crippen LogP contribution in [0.2, 0.25) is 5.02 Å². The number of carbonyl (C=O) groups is 1. The van der Waals surface area contributed by atoms with Crippen molar-refractivity contribution in [3.63, 3.8) is 0 Å². The van der Waals surface area contributed by atoms with Gasteiger partial charge in [0.15, 0.2) is 0 Å². The monoisotopic (exact) mass is 496 g/mol. The van der Waals surface area contributed by atoms with Gasteiger partial charge in [-0.2, -0.15) is 0 Å². The number of anilines is 1. The first-order chi connectivity index (χ1) is 16.0. The van der Waals surface area contributed by atoms with Gasteiger partial charge in [-0.1, -0.05) is 40.4 Å². The maximum atomic E-state index is 13.0. The van der Waals surface area contributed by atoms with Crippen LogP contribution in [0.4, 0.5) is 5.69 Å². The maximum absolute atomic E-state index is 13.0. The van der Waals surface area contributed by atoms with Crippen molar-refractivity contribution >= 4 is 56.9 Å². The molecule has 0 aliphatic carbocycles. The highest BCUT2D eigenvalue weighted by Gasteiger charge is 2.36. The molecule has 5 rings (SSSR count). The van der Waals surface area contributed by atoms with Gasteiger partial charge in [0.1, 0.15) is 5.52 Å². The number of amides is 1. The van der Waals surface area contributed by atoms with Crippen molar-refractivity contribution in [1.29, 1.82) is 0 Å². The fraction of sp³-hybridized carbons (Fsp3) is 0.208. The summed E-state index contributed by atoms with van der Waals surface area (Å²) in [6.45, 7) is 0.949. The molecule has 33 heavy (non-hydrogen) atoms. The molecule has 1 aromatic heterocycles. The Kier molecular flexibility index (Phi) is 6.25. The number of nitrogens with one attached hydrogen (secondary N) is 1. The Hall–Kier alpha value is -2.65. The summed E-state index contributed by atoms with van der Waals surface area (Å²) < 4.78 is 8.36. The van der Waals surface area contributed by atoms with E-state index < -0.39 is 5.60 Å². The third kappa shape index (κ3) is 4.56. The van der Waals surface area contributed by atoms with Crippen LogP contribution in [0.25, 0.3) is 10.2 Å². The Labute approximate surface area is 204 Å². The molecule has 9 heteroatoms. The number of aliphatic hydroxyl groups is 1. The summed E-state index contributed by atoms with van der Waals surface area (Å²) in [5.74, 6) is -0.0336. The Bertz CT molecular complexity index is 1290. The molecule has 0 atom stereocenters. The van der Waals surface area contributed by atoms with Gasteiger partial charge in [0.25, 0.3) is 5.91 Å². The molecule has 0 unspecified atom stereocenters. The Morgan fingerprint density at radius 1 is 1.06 bits per heavy atom. The first kappa shape index (κ1) is 22.2. The van der Waals surface area contributed by atoms with E-state index in [4.69, 9.17) is 11.6 Å². The second-order valence-corrected chi connectivity index (χ2v) is 10.0. The average Bonchev–Trinajstić information content (AvgIpc) is 3.33. The topological polar surface area (TPSA) is 78.4 Å². The van der Waals surface area contributed by atoms with E-state index in [9.17, 15) is 9.90 Å². The molecule has 168 valence electrons. The van der Waals surface area contributed by atoms with Gasteiger partial charge in [-0.05, 0) is 78.8 Å². The van der Waals surface area contributed by atoms with Crippen LogP contribution in [0.1, 0.15) is 28.8 Å². The third-order valence-corrected chi connectivity index (χ3v) is 7.81. The molecule has 0 radical (unpaired) electrons. The van der Waals surface area contributed by atoms with Crippen LogP contribution in [0.15, 0.2) is 71.6 Å². The van der Waals surface area contributed by atoms with E-state index in [1.165, 1.54) is 23.5 Å². The number of rotatable bonds is 5. The fourth-order valence-electron chi connectivity index (χ4n) is 4.03. The molecule has 4 aromatic rings. The van der Waals surface area contributed by atoms with Gasteiger partial charge >= 0.3 is 0 Å². The van der Waals surface area contributed by atoms with Crippen LogP contribution in [0, 0.1) is 0 Å². The van der Waals surface area contributed by atoms with E-state index in [0.29, 0.717) is 36.5 Å². The summed E-state index contributed by atoms with van der Waals surface area (Å²) in [7, 11) is 0. The van der Waals surface area contributed by atoms with Crippen molar-refractivity contribution in [3.05, 3.63) is 82.9 Å². The summed E-state index contributed by atoms with van der Waals surface area (Å²) >= 11 is 9.13. The van der Waals surface area contributed by atoms with Crippen LogP contribution in [-0.4, -0.2) is 38.6 Å². The first-order valence-electron chi connectivity index (χ1n) is 10.5. The Balaban J connectivity index is 1.20. The van der Waals surface area contributed by atoms with Gasteiger partial charge in [0.2, 0.25) is 0 Å². The van der Waals surface area contributed by atoms with Crippen LogP contribution in [0.3, 0.4) is 0 Å². The minimum atomic E-state index is -1.00. The van der Waals surface area contributed by atoms with Crippen LogP contribution >= 0.6 is 35.1 Å². The molecule has 2 heterocycles. The lowest BCUT2D eigenvalue weighted by Gasteiger charge is -2.39. The zero-order valence-corrected chi connectivity index (χ0v) is 20.0. The second-order valence-electron chi connectivity index (χ2n) is 7.96. The number of benzene rings is 3. The van der Waals surface area contributed by atoms with E-state index >= 15 is 0 Å². The average molecular weight is 497 g/mol. The molecule has 0 spiro atoms. The summed E-state index contributed by atoms with van der Waals surface area (Å²) in [6, 6.07) is 20.8. The van der Waals surface area contributed by atoms with Crippen molar-refractivity contribution in [3.8, 4) is 0 Å². The molecule has 2 N–H and O–H groups in total. The molecule has 1 amide bonds. The molecule has 1 saturated heterocycles. The standard InChI is InChI=1S/C24H21ClN4O2S2/c25-19-5-2-1-4-18(19)24(31)12-14-29(15-13-24)23(30)16-8-10-17(11-9-16)27-32-20-6-3-7-21-22(20)26-28-33-21/h1-11,27,31H,12-15H2. The zero-order valence-electron chi connectivity index (χ0n) is 17.6. The van der Waals surface area contributed by atoms with E-state index in [2.05, 4.69) is 14.3 Å². The number of fused-ring (bicyclic) bond motifs is 1. The smallest absolute Gasteiger partial charge is 0.253 e. The van der Waals surface area contributed by atoms with E-state index in [0.717, 1.165) is 26.4 Å². The molecule has 1 aliphatic heterocycles. The predicted molar refractivity (Wildman–Crippen MR) is 134 cm³/mol. The van der Waals surface area contributed by atoms with E-state index in [1.54, 1.807) is 11.0 Å². The normalized spacial score (nSPS) is 15.5. The van der Waals surface area contributed by atoms with Crippen molar-refractivity contribution in [2.75, 3.05) is 17.8 Å². The number of carbonyl (C=O) groups excluding carboxylic acids is 1. The van der Waals surface area contributed by atoms with Crippen molar-refractivity contribution in [1.82, 2.24) is 14.5 Å². The lowest BCUT2D eigenvalue weighted by Crippen LogP contribution is -2.45. The van der Waals surface area contributed by atoms with E-state index in [-0.39, 0.29) is 5.91 Å². The first-order valence-corrected chi connectivity index (χ1v) is 12.5. The molecule has 0 bridgehead atoms. The van der Waals surface area contributed by atoms with Crippen molar-refractivity contribution in [2.24, 2.45) is 0 Å². The molecule has 0 saturated carbocycles. The predicted octanol–water partition coefficient (Wildman–Crippen LogP) is 5.59. The van der Waals surface area contributed by atoms with Gasteiger partial charge in [0.05, 0.1) is 15.2 Å². The lowest BCUT2D eigenvalue weighted by molar-refractivity contribution is -0.0210. The number of likely N-dealkylation sites (tertiary alicyclic amines) is 1. The number of piperidine rings is 1. The van der Waals surface area contributed by atoms with Gasteiger partial charge in [-0.25, -0.2) is 0 Å². The fourth-order valence-corrected chi connectivity index (χ4v) is 5.75. The van der Waals surface area contributed by atoms with Crippen molar-refractivity contribution in [2.45, 2.75) is 23.3 Å². The Morgan fingerprint density at radius 3 is 2.58 bits per heavy atom. The van der Waals surface area contributed by atoms with Crippen LogP contribution in [-0.2, 0) is 5.60 Å². The number of hydrogen-bond donors (Lipinski definition) is 2. The highest BCUT2D eigenvalue weighted by atomic mass is 35.5. The number of aromatic nitrogens is 2. The molecule has 1 aliphatic rings. The maximum Gasteiger partial charge on any atom is 0.253 e. The quantitative estimate of drug-likeness (QED) is 0.351. The molecule has 1 fully saturated rings.